The molecule has 0 radical (unpaired) electrons. The molecular weight excluding hydrogens is 222 g/mol. The highest BCUT2D eigenvalue weighted by Gasteiger charge is 2.23. The van der Waals surface area contributed by atoms with Crippen LogP contribution in [0.1, 0.15) is 39.0 Å². The number of rotatable bonds is 6. The SMILES string of the molecule is CNC(C)C1CCCN(CCCN2CCCC2)C1. The van der Waals surface area contributed by atoms with Crippen LogP contribution in [0.25, 0.3) is 0 Å². The maximum absolute atomic E-state index is 3.42. The van der Waals surface area contributed by atoms with Gasteiger partial charge in [0, 0.05) is 12.6 Å². The average molecular weight is 253 g/mol. The van der Waals surface area contributed by atoms with Crippen molar-refractivity contribution in [2.75, 3.05) is 46.3 Å². The predicted octanol–water partition coefficient (Wildman–Crippen LogP) is 1.79. The van der Waals surface area contributed by atoms with E-state index < -0.39 is 0 Å². The summed E-state index contributed by atoms with van der Waals surface area (Å²) in [6.45, 7) is 10.3. The van der Waals surface area contributed by atoms with E-state index in [0.717, 1.165) is 5.92 Å². The van der Waals surface area contributed by atoms with Crippen molar-refractivity contribution >= 4 is 0 Å². The van der Waals surface area contributed by atoms with Crippen molar-refractivity contribution in [1.29, 1.82) is 0 Å². The quantitative estimate of drug-likeness (QED) is 0.778. The zero-order valence-electron chi connectivity index (χ0n) is 12.3. The van der Waals surface area contributed by atoms with Crippen LogP contribution < -0.4 is 5.32 Å². The summed E-state index contributed by atoms with van der Waals surface area (Å²) in [6, 6.07) is 0.673. The van der Waals surface area contributed by atoms with Crippen molar-refractivity contribution in [3.8, 4) is 0 Å². The topological polar surface area (TPSA) is 18.5 Å². The second-order valence-corrected chi connectivity index (χ2v) is 6.18. The van der Waals surface area contributed by atoms with Gasteiger partial charge < -0.3 is 15.1 Å². The summed E-state index contributed by atoms with van der Waals surface area (Å²) in [6.07, 6.45) is 7.00. The number of hydrogen-bond donors (Lipinski definition) is 1. The summed E-state index contributed by atoms with van der Waals surface area (Å²) in [5.41, 5.74) is 0. The van der Waals surface area contributed by atoms with E-state index in [1.807, 2.05) is 0 Å². The van der Waals surface area contributed by atoms with E-state index in [4.69, 9.17) is 0 Å². The predicted molar refractivity (Wildman–Crippen MR) is 78.0 cm³/mol. The van der Waals surface area contributed by atoms with Gasteiger partial charge in [-0.2, -0.15) is 0 Å². The molecule has 0 aromatic heterocycles. The van der Waals surface area contributed by atoms with Gasteiger partial charge in [-0.25, -0.2) is 0 Å². The number of nitrogens with one attached hydrogen (secondary N) is 1. The largest absolute Gasteiger partial charge is 0.317 e. The van der Waals surface area contributed by atoms with Crippen LogP contribution in [0.5, 0.6) is 0 Å². The van der Waals surface area contributed by atoms with E-state index in [0.29, 0.717) is 6.04 Å². The zero-order valence-corrected chi connectivity index (χ0v) is 12.3. The van der Waals surface area contributed by atoms with Gasteiger partial charge in [-0.1, -0.05) is 0 Å². The molecule has 18 heavy (non-hydrogen) atoms. The third kappa shape index (κ3) is 4.22. The molecule has 0 aromatic carbocycles. The van der Waals surface area contributed by atoms with Gasteiger partial charge in [-0.15, -0.1) is 0 Å². The van der Waals surface area contributed by atoms with E-state index >= 15 is 0 Å². The molecular formula is C15H31N3. The van der Waals surface area contributed by atoms with Crippen molar-refractivity contribution in [3.63, 3.8) is 0 Å². The van der Waals surface area contributed by atoms with Crippen LogP contribution in [0.4, 0.5) is 0 Å². The van der Waals surface area contributed by atoms with Crippen LogP contribution in [0.15, 0.2) is 0 Å². The van der Waals surface area contributed by atoms with Crippen LogP contribution in [0, 0.1) is 5.92 Å². The standard InChI is InChI=1S/C15H31N3/c1-14(16-2)15-7-5-10-18(13-15)12-6-11-17-8-3-4-9-17/h14-16H,3-13H2,1-2H3. The Hall–Kier alpha value is -0.120. The molecule has 2 aliphatic rings. The molecule has 0 spiro atoms. The van der Waals surface area contributed by atoms with Crippen molar-refractivity contribution in [3.05, 3.63) is 0 Å². The van der Waals surface area contributed by atoms with E-state index in [1.54, 1.807) is 0 Å². The summed E-state index contributed by atoms with van der Waals surface area (Å²) >= 11 is 0. The molecule has 106 valence electrons. The molecule has 0 bridgehead atoms. The number of nitrogens with zero attached hydrogens (tertiary/aromatic N) is 2. The first-order valence-electron chi connectivity index (χ1n) is 7.91. The lowest BCUT2D eigenvalue weighted by atomic mass is 9.91. The lowest BCUT2D eigenvalue weighted by Gasteiger charge is -2.36. The molecule has 0 amide bonds. The fraction of sp³-hybridized carbons (Fsp3) is 1.00. The Morgan fingerprint density at radius 3 is 2.44 bits per heavy atom. The second-order valence-electron chi connectivity index (χ2n) is 6.18. The molecule has 3 nitrogen and oxygen atoms in total. The third-order valence-corrected chi connectivity index (χ3v) is 4.85. The smallest absolute Gasteiger partial charge is 0.00762 e. The van der Waals surface area contributed by atoms with E-state index in [1.165, 1.54) is 71.4 Å². The lowest BCUT2D eigenvalue weighted by Crippen LogP contribution is -2.44. The van der Waals surface area contributed by atoms with Gasteiger partial charge in [-0.3, -0.25) is 0 Å². The van der Waals surface area contributed by atoms with Gasteiger partial charge in [0.05, 0.1) is 0 Å². The molecule has 2 heterocycles. The fourth-order valence-electron chi connectivity index (χ4n) is 3.46. The maximum Gasteiger partial charge on any atom is 0.00762 e. The van der Waals surface area contributed by atoms with Gasteiger partial charge in [0.2, 0.25) is 0 Å². The highest BCUT2D eigenvalue weighted by Crippen LogP contribution is 2.19. The summed E-state index contributed by atoms with van der Waals surface area (Å²) in [7, 11) is 2.09. The molecule has 0 saturated carbocycles. The van der Waals surface area contributed by atoms with Crippen molar-refractivity contribution in [2.45, 2.75) is 45.1 Å². The highest BCUT2D eigenvalue weighted by atomic mass is 15.2. The Labute approximate surface area is 113 Å². The number of likely N-dealkylation sites (tertiary alicyclic amines) is 2. The lowest BCUT2D eigenvalue weighted by molar-refractivity contribution is 0.147. The normalized spacial score (nSPS) is 28.7. The van der Waals surface area contributed by atoms with Crippen LogP contribution in [-0.4, -0.2) is 62.2 Å². The molecule has 2 atom stereocenters. The molecule has 3 heteroatoms. The molecule has 1 N–H and O–H groups in total. The summed E-state index contributed by atoms with van der Waals surface area (Å²) in [5, 5.41) is 3.42. The van der Waals surface area contributed by atoms with Crippen LogP contribution in [0.3, 0.4) is 0 Å². The van der Waals surface area contributed by atoms with Gasteiger partial charge in [0.25, 0.3) is 0 Å². The molecule has 2 aliphatic heterocycles. The number of hydrogen-bond acceptors (Lipinski definition) is 3. The first kappa shape index (κ1) is 14.3. The molecule has 0 aliphatic carbocycles. The first-order valence-corrected chi connectivity index (χ1v) is 7.91. The van der Waals surface area contributed by atoms with Crippen LogP contribution >= 0.6 is 0 Å². The van der Waals surface area contributed by atoms with Crippen molar-refractivity contribution in [1.82, 2.24) is 15.1 Å². The molecule has 2 fully saturated rings. The van der Waals surface area contributed by atoms with Crippen LogP contribution in [0.2, 0.25) is 0 Å². The van der Waals surface area contributed by atoms with E-state index in [2.05, 4.69) is 29.1 Å². The Kier molecular flexibility index (Phi) is 5.93. The summed E-state index contributed by atoms with van der Waals surface area (Å²) < 4.78 is 0. The monoisotopic (exact) mass is 253 g/mol. The maximum atomic E-state index is 3.42. The van der Waals surface area contributed by atoms with Crippen LogP contribution in [-0.2, 0) is 0 Å². The molecule has 0 aromatic rings. The third-order valence-electron chi connectivity index (χ3n) is 4.85. The molecule has 2 rings (SSSR count). The van der Waals surface area contributed by atoms with Crippen molar-refractivity contribution in [2.24, 2.45) is 5.92 Å². The van der Waals surface area contributed by atoms with Gasteiger partial charge in [0.15, 0.2) is 0 Å². The van der Waals surface area contributed by atoms with Gasteiger partial charge in [-0.05, 0) is 84.7 Å². The Balaban J connectivity index is 1.62. The summed E-state index contributed by atoms with van der Waals surface area (Å²) in [5.74, 6) is 0.857. The summed E-state index contributed by atoms with van der Waals surface area (Å²) in [4.78, 5) is 5.33. The average Bonchev–Trinajstić information content (AvgIpc) is 2.91. The Bertz CT molecular complexity index is 226. The van der Waals surface area contributed by atoms with E-state index in [-0.39, 0.29) is 0 Å². The fourth-order valence-corrected chi connectivity index (χ4v) is 3.46. The van der Waals surface area contributed by atoms with Gasteiger partial charge in [0.1, 0.15) is 0 Å². The highest BCUT2D eigenvalue weighted by molar-refractivity contribution is 4.79. The van der Waals surface area contributed by atoms with Crippen molar-refractivity contribution < 1.29 is 0 Å². The number of piperidine rings is 1. The molecule has 2 unspecified atom stereocenters. The van der Waals surface area contributed by atoms with E-state index in [9.17, 15) is 0 Å². The Morgan fingerprint density at radius 1 is 1.06 bits per heavy atom. The molecule has 2 saturated heterocycles. The minimum atomic E-state index is 0.673. The minimum Gasteiger partial charge on any atom is -0.317 e. The van der Waals surface area contributed by atoms with Gasteiger partial charge >= 0.3 is 0 Å². The second kappa shape index (κ2) is 7.46. The zero-order chi connectivity index (χ0) is 12.8. The Morgan fingerprint density at radius 2 is 1.72 bits per heavy atom. The minimum absolute atomic E-state index is 0.673. The first-order chi connectivity index (χ1) is 8.79.